The molecule has 2 aromatic carbocycles. The van der Waals surface area contributed by atoms with Crippen LogP contribution in [0.15, 0.2) is 45.6 Å². The van der Waals surface area contributed by atoms with E-state index in [1.165, 1.54) is 24.3 Å². The molecule has 0 aliphatic rings. The number of aryl methyl sites for hydroxylation is 2. The van der Waals surface area contributed by atoms with Gasteiger partial charge >= 0.3 is 12.1 Å². The predicted octanol–water partition coefficient (Wildman–Crippen LogP) is 5.15. The van der Waals surface area contributed by atoms with E-state index in [1.807, 2.05) is 6.07 Å². The quantitative estimate of drug-likeness (QED) is 0.456. The molecule has 5 nitrogen and oxygen atoms in total. The van der Waals surface area contributed by atoms with Crippen molar-refractivity contribution < 1.29 is 31.9 Å². The molecule has 0 saturated carbocycles. The first kappa shape index (κ1) is 19.5. The molecule has 0 aliphatic heterocycles. The lowest BCUT2D eigenvalue weighted by atomic mass is 10.1. The Morgan fingerprint density at radius 2 is 1.64 bits per heavy atom. The van der Waals surface area contributed by atoms with E-state index in [-0.39, 0.29) is 22.5 Å². The third-order valence-electron chi connectivity index (χ3n) is 3.76. The second kappa shape index (κ2) is 7.03. The van der Waals surface area contributed by atoms with Crippen molar-refractivity contribution in [1.82, 2.24) is 0 Å². The Kier molecular flexibility index (Phi) is 4.89. The highest BCUT2D eigenvalue weighted by molar-refractivity contribution is 5.81. The minimum atomic E-state index is -4.97. The Hall–Kier alpha value is -3.29. The molecule has 28 heavy (non-hydrogen) atoms. The molecule has 0 fully saturated rings. The molecule has 0 amide bonds. The van der Waals surface area contributed by atoms with Crippen molar-refractivity contribution in [3.63, 3.8) is 0 Å². The van der Waals surface area contributed by atoms with Crippen molar-refractivity contribution in [3.8, 4) is 17.2 Å². The van der Waals surface area contributed by atoms with Gasteiger partial charge < -0.3 is 13.9 Å². The van der Waals surface area contributed by atoms with Crippen LogP contribution in [0.1, 0.15) is 23.8 Å². The first-order valence-corrected chi connectivity index (χ1v) is 8.17. The number of alkyl halides is 3. The standard InChI is InChI=1S/C20H15F3O5/c1-10-6-11(2)8-14(7-10)27-18-17(25)15-5-4-13(26-12(3)24)9-16(15)28-19(18)20(21,22)23/h4-9H,1-3H3. The number of ether oxygens (including phenoxy) is 2. The van der Waals surface area contributed by atoms with Gasteiger partial charge in [-0.15, -0.1) is 0 Å². The topological polar surface area (TPSA) is 65.7 Å². The Morgan fingerprint density at radius 3 is 2.21 bits per heavy atom. The monoisotopic (exact) mass is 392 g/mol. The molecular weight excluding hydrogens is 377 g/mol. The van der Waals surface area contributed by atoms with E-state index in [4.69, 9.17) is 13.9 Å². The summed E-state index contributed by atoms with van der Waals surface area (Å²) < 4.78 is 55.7. The summed E-state index contributed by atoms with van der Waals surface area (Å²) in [7, 11) is 0. The summed E-state index contributed by atoms with van der Waals surface area (Å²) >= 11 is 0. The predicted molar refractivity (Wildman–Crippen MR) is 94.8 cm³/mol. The maximum Gasteiger partial charge on any atom is 0.453 e. The molecule has 0 spiro atoms. The van der Waals surface area contributed by atoms with Crippen molar-refractivity contribution >= 4 is 16.9 Å². The lowest BCUT2D eigenvalue weighted by molar-refractivity contribution is -0.154. The largest absolute Gasteiger partial charge is 0.453 e. The summed E-state index contributed by atoms with van der Waals surface area (Å²) in [6, 6.07) is 8.40. The highest BCUT2D eigenvalue weighted by Gasteiger charge is 2.40. The second-order valence-corrected chi connectivity index (χ2v) is 6.26. The van der Waals surface area contributed by atoms with Crippen LogP contribution in [-0.4, -0.2) is 5.97 Å². The van der Waals surface area contributed by atoms with E-state index in [0.29, 0.717) is 0 Å². The summed E-state index contributed by atoms with van der Waals surface area (Å²) in [5, 5.41) is -0.136. The van der Waals surface area contributed by atoms with Gasteiger partial charge in [0.25, 0.3) is 5.76 Å². The third kappa shape index (κ3) is 4.00. The van der Waals surface area contributed by atoms with Gasteiger partial charge in [-0.05, 0) is 49.2 Å². The average molecular weight is 392 g/mol. The van der Waals surface area contributed by atoms with Crippen LogP contribution in [0.25, 0.3) is 11.0 Å². The van der Waals surface area contributed by atoms with Gasteiger partial charge in [0.1, 0.15) is 17.1 Å². The Bertz CT molecular complexity index is 1110. The molecule has 0 saturated heterocycles. The number of esters is 1. The minimum absolute atomic E-state index is 0.0424. The van der Waals surface area contributed by atoms with Crippen LogP contribution in [-0.2, 0) is 11.0 Å². The van der Waals surface area contributed by atoms with Crippen LogP contribution in [0.5, 0.6) is 17.2 Å². The van der Waals surface area contributed by atoms with Crippen LogP contribution in [0.4, 0.5) is 13.2 Å². The summed E-state index contributed by atoms with van der Waals surface area (Å²) in [6.07, 6.45) is -4.97. The van der Waals surface area contributed by atoms with E-state index in [9.17, 15) is 22.8 Å². The lowest BCUT2D eigenvalue weighted by Gasteiger charge is -2.14. The van der Waals surface area contributed by atoms with Crippen molar-refractivity contribution in [3.05, 3.63) is 63.5 Å². The molecule has 0 bridgehead atoms. The van der Waals surface area contributed by atoms with Gasteiger partial charge in [0.05, 0.1) is 5.39 Å². The maximum absolute atomic E-state index is 13.5. The number of fused-ring (bicyclic) bond motifs is 1. The Labute approximate surface area is 157 Å². The van der Waals surface area contributed by atoms with Gasteiger partial charge in [0.2, 0.25) is 11.2 Å². The molecule has 0 aliphatic carbocycles. The molecule has 0 unspecified atom stereocenters. The number of halogens is 3. The summed E-state index contributed by atoms with van der Waals surface area (Å²) in [5.74, 6) is -3.13. The van der Waals surface area contributed by atoms with Gasteiger partial charge in [-0.25, -0.2) is 0 Å². The zero-order chi connectivity index (χ0) is 20.6. The fourth-order valence-electron chi connectivity index (χ4n) is 2.77. The van der Waals surface area contributed by atoms with Gasteiger partial charge in [0, 0.05) is 13.0 Å². The van der Waals surface area contributed by atoms with Crippen LogP contribution in [0.2, 0.25) is 0 Å². The summed E-state index contributed by atoms with van der Waals surface area (Å²) in [4.78, 5) is 23.8. The molecule has 1 aromatic heterocycles. The molecule has 0 radical (unpaired) electrons. The smallest absolute Gasteiger partial charge is 0.449 e. The Morgan fingerprint density at radius 1 is 1.00 bits per heavy atom. The van der Waals surface area contributed by atoms with Gasteiger partial charge in [-0.3, -0.25) is 9.59 Å². The number of benzene rings is 2. The normalized spacial score (nSPS) is 11.5. The van der Waals surface area contributed by atoms with Crippen molar-refractivity contribution in [2.75, 3.05) is 0 Å². The molecule has 0 N–H and O–H groups in total. The van der Waals surface area contributed by atoms with Crippen LogP contribution < -0.4 is 14.9 Å². The third-order valence-corrected chi connectivity index (χ3v) is 3.76. The zero-order valence-electron chi connectivity index (χ0n) is 15.1. The van der Waals surface area contributed by atoms with E-state index in [0.717, 1.165) is 24.1 Å². The lowest BCUT2D eigenvalue weighted by Crippen LogP contribution is -2.15. The molecule has 1 heterocycles. The Balaban J connectivity index is 2.21. The molecule has 3 aromatic rings. The molecule has 146 valence electrons. The first-order valence-electron chi connectivity index (χ1n) is 8.17. The van der Waals surface area contributed by atoms with Gasteiger partial charge in [0.15, 0.2) is 0 Å². The van der Waals surface area contributed by atoms with E-state index in [1.54, 1.807) is 13.8 Å². The van der Waals surface area contributed by atoms with Crippen LogP contribution >= 0.6 is 0 Å². The fourth-order valence-corrected chi connectivity index (χ4v) is 2.77. The number of hydrogen-bond acceptors (Lipinski definition) is 5. The number of rotatable bonds is 3. The van der Waals surface area contributed by atoms with Crippen LogP contribution in [0, 0.1) is 13.8 Å². The van der Waals surface area contributed by atoms with E-state index >= 15 is 0 Å². The minimum Gasteiger partial charge on any atom is -0.449 e. The molecule has 0 atom stereocenters. The van der Waals surface area contributed by atoms with Gasteiger partial charge in [-0.1, -0.05) is 6.07 Å². The average Bonchev–Trinajstić information content (AvgIpc) is 2.54. The molecule has 8 heteroatoms. The number of hydrogen-bond donors (Lipinski definition) is 0. The van der Waals surface area contributed by atoms with E-state index < -0.39 is 29.1 Å². The number of carbonyl (C=O) groups is 1. The maximum atomic E-state index is 13.5. The SMILES string of the molecule is CC(=O)Oc1ccc2c(=O)c(Oc3cc(C)cc(C)c3)c(C(F)(F)F)oc2c1. The summed E-state index contributed by atoms with van der Waals surface area (Å²) in [6.45, 7) is 4.65. The van der Waals surface area contributed by atoms with Crippen molar-refractivity contribution in [2.24, 2.45) is 0 Å². The van der Waals surface area contributed by atoms with Crippen LogP contribution in [0.3, 0.4) is 0 Å². The van der Waals surface area contributed by atoms with Gasteiger partial charge in [-0.2, -0.15) is 13.2 Å². The highest BCUT2D eigenvalue weighted by atomic mass is 19.4. The summed E-state index contributed by atoms with van der Waals surface area (Å²) in [5.41, 5.74) is 0.172. The number of carbonyl (C=O) groups excluding carboxylic acids is 1. The molecule has 3 rings (SSSR count). The van der Waals surface area contributed by atoms with Crippen molar-refractivity contribution in [2.45, 2.75) is 26.9 Å². The first-order chi connectivity index (χ1) is 13.0. The highest BCUT2D eigenvalue weighted by Crippen LogP contribution is 2.38. The fraction of sp³-hybridized carbons (Fsp3) is 0.200. The van der Waals surface area contributed by atoms with Crippen molar-refractivity contribution in [1.29, 1.82) is 0 Å². The zero-order valence-corrected chi connectivity index (χ0v) is 15.1. The molecular formula is C20H15F3O5. The second-order valence-electron chi connectivity index (χ2n) is 6.26. The van der Waals surface area contributed by atoms with E-state index in [2.05, 4.69) is 0 Å².